The third kappa shape index (κ3) is 3.29. The highest BCUT2D eigenvalue weighted by Crippen LogP contribution is 2.25. The van der Waals surface area contributed by atoms with Crippen molar-refractivity contribution in [2.75, 3.05) is 26.2 Å². The molecule has 1 aromatic carbocycles. The van der Waals surface area contributed by atoms with Crippen molar-refractivity contribution in [3.8, 4) is 11.1 Å². The summed E-state index contributed by atoms with van der Waals surface area (Å²) < 4.78 is 14.0. The number of fused-ring (bicyclic) bond motifs is 1. The zero-order chi connectivity index (χ0) is 17.2. The van der Waals surface area contributed by atoms with E-state index < -0.39 is 0 Å². The van der Waals surface area contributed by atoms with E-state index >= 15 is 0 Å². The van der Waals surface area contributed by atoms with Crippen LogP contribution in [0.1, 0.15) is 29.6 Å². The van der Waals surface area contributed by atoms with Crippen molar-refractivity contribution in [1.82, 2.24) is 14.8 Å². The third-order valence-electron chi connectivity index (χ3n) is 5.32. The highest BCUT2D eigenvalue weighted by atomic mass is 19.1. The Bertz CT molecular complexity index is 779. The summed E-state index contributed by atoms with van der Waals surface area (Å²) in [6, 6.07) is 9.38. The Labute approximate surface area is 147 Å². The third-order valence-corrected chi connectivity index (χ3v) is 5.32. The van der Waals surface area contributed by atoms with E-state index in [2.05, 4.69) is 9.88 Å². The first-order chi connectivity index (χ1) is 12.2. The van der Waals surface area contributed by atoms with Crippen molar-refractivity contribution >= 4 is 5.91 Å². The number of piperidine rings is 1. The van der Waals surface area contributed by atoms with Crippen LogP contribution in [0.4, 0.5) is 4.39 Å². The Balaban J connectivity index is 1.55. The largest absolute Gasteiger partial charge is 0.336 e. The van der Waals surface area contributed by atoms with E-state index in [-0.39, 0.29) is 11.7 Å². The molecule has 25 heavy (non-hydrogen) atoms. The summed E-state index contributed by atoms with van der Waals surface area (Å²) in [6.45, 7) is 3.68. The highest BCUT2D eigenvalue weighted by Gasteiger charge is 2.31. The number of benzene rings is 1. The minimum Gasteiger partial charge on any atom is -0.336 e. The van der Waals surface area contributed by atoms with Gasteiger partial charge in [-0.05, 0) is 43.1 Å². The van der Waals surface area contributed by atoms with Crippen LogP contribution in [0.2, 0.25) is 0 Å². The van der Waals surface area contributed by atoms with Crippen molar-refractivity contribution in [3.05, 3.63) is 54.1 Å². The second-order valence-corrected chi connectivity index (χ2v) is 6.87. The van der Waals surface area contributed by atoms with Crippen molar-refractivity contribution in [2.24, 2.45) is 0 Å². The predicted molar refractivity (Wildman–Crippen MR) is 94.7 cm³/mol. The summed E-state index contributed by atoms with van der Waals surface area (Å²) in [5.41, 5.74) is 1.81. The average Bonchev–Trinajstić information content (AvgIpc) is 2.67. The Hall–Kier alpha value is -2.27. The normalized spacial score (nSPS) is 21.0. The molecule has 4 nitrogen and oxygen atoms in total. The number of pyridine rings is 1. The maximum absolute atomic E-state index is 14.0. The molecule has 130 valence electrons. The molecule has 0 bridgehead atoms. The van der Waals surface area contributed by atoms with Crippen LogP contribution in [0, 0.1) is 5.82 Å². The molecule has 2 saturated heterocycles. The molecule has 0 N–H and O–H groups in total. The molecule has 2 aromatic rings. The zero-order valence-corrected chi connectivity index (χ0v) is 14.2. The monoisotopic (exact) mass is 339 g/mol. The molecule has 0 saturated carbocycles. The van der Waals surface area contributed by atoms with Gasteiger partial charge in [-0.2, -0.15) is 0 Å². The average molecular weight is 339 g/mol. The van der Waals surface area contributed by atoms with E-state index in [1.165, 1.54) is 25.5 Å². The van der Waals surface area contributed by atoms with Gasteiger partial charge < -0.3 is 4.90 Å². The van der Waals surface area contributed by atoms with Crippen LogP contribution in [-0.2, 0) is 0 Å². The van der Waals surface area contributed by atoms with Gasteiger partial charge in [0.25, 0.3) is 5.91 Å². The van der Waals surface area contributed by atoms with Crippen molar-refractivity contribution in [2.45, 2.75) is 25.3 Å². The van der Waals surface area contributed by atoms with Crippen LogP contribution in [0.15, 0.2) is 42.7 Å². The van der Waals surface area contributed by atoms with Gasteiger partial charge in [0.15, 0.2) is 0 Å². The van der Waals surface area contributed by atoms with Crippen molar-refractivity contribution in [1.29, 1.82) is 0 Å². The second-order valence-electron chi connectivity index (χ2n) is 6.87. The summed E-state index contributed by atoms with van der Waals surface area (Å²) in [5, 5.41) is 0. The molecule has 1 amide bonds. The summed E-state index contributed by atoms with van der Waals surface area (Å²) in [5.74, 6) is -0.329. The summed E-state index contributed by atoms with van der Waals surface area (Å²) in [4.78, 5) is 21.2. The van der Waals surface area contributed by atoms with Crippen LogP contribution >= 0.6 is 0 Å². The van der Waals surface area contributed by atoms with Crippen LogP contribution in [0.3, 0.4) is 0 Å². The Morgan fingerprint density at radius 1 is 1.16 bits per heavy atom. The standard InChI is InChI=1S/C20H22FN3O/c21-19-13-22-8-7-18(19)15-4-3-5-16(12-15)20(25)24-11-10-23-9-2-1-6-17(23)14-24/h3-5,7-8,12-13,17H,1-2,6,9-11,14H2. The summed E-state index contributed by atoms with van der Waals surface area (Å²) in [7, 11) is 0. The molecule has 0 radical (unpaired) electrons. The van der Waals surface area contributed by atoms with Gasteiger partial charge in [-0.25, -0.2) is 4.39 Å². The van der Waals surface area contributed by atoms with Gasteiger partial charge in [0.05, 0.1) is 6.20 Å². The SMILES string of the molecule is O=C(c1cccc(-c2ccncc2F)c1)N1CCN2CCCCC2C1. The van der Waals surface area contributed by atoms with Gasteiger partial charge in [0.1, 0.15) is 5.82 Å². The van der Waals surface area contributed by atoms with E-state index in [0.717, 1.165) is 26.2 Å². The number of rotatable bonds is 2. The predicted octanol–water partition coefficient (Wildman–Crippen LogP) is 3.20. The fourth-order valence-corrected chi connectivity index (χ4v) is 3.95. The fraction of sp³-hybridized carbons (Fsp3) is 0.400. The Kier molecular flexibility index (Phi) is 4.49. The first-order valence-electron chi connectivity index (χ1n) is 8.95. The summed E-state index contributed by atoms with van der Waals surface area (Å²) in [6.07, 6.45) is 6.46. The molecule has 3 heterocycles. The van der Waals surface area contributed by atoms with E-state index in [1.807, 2.05) is 23.1 Å². The molecular weight excluding hydrogens is 317 g/mol. The van der Waals surface area contributed by atoms with E-state index in [0.29, 0.717) is 22.7 Å². The molecule has 5 heteroatoms. The van der Waals surface area contributed by atoms with Gasteiger partial charge in [0, 0.05) is 43.0 Å². The Morgan fingerprint density at radius 2 is 2.08 bits per heavy atom. The van der Waals surface area contributed by atoms with E-state index in [1.54, 1.807) is 18.3 Å². The number of aromatic nitrogens is 1. The van der Waals surface area contributed by atoms with Gasteiger partial charge >= 0.3 is 0 Å². The van der Waals surface area contributed by atoms with Crippen LogP contribution in [0.5, 0.6) is 0 Å². The first kappa shape index (κ1) is 16.2. The molecule has 1 unspecified atom stereocenters. The molecule has 2 fully saturated rings. The quantitative estimate of drug-likeness (QED) is 0.843. The molecule has 2 aliphatic rings. The molecule has 1 atom stereocenters. The number of halogens is 1. The summed E-state index contributed by atoms with van der Waals surface area (Å²) >= 11 is 0. The van der Waals surface area contributed by atoms with Gasteiger partial charge in [-0.1, -0.05) is 18.6 Å². The maximum atomic E-state index is 14.0. The molecular formula is C20H22FN3O. The lowest BCUT2D eigenvalue weighted by Gasteiger charge is -2.44. The van der Waals surface area contributed by atoms with Crippen molar-refractivity contribution < 1.29 is 9.18 Å². The fourth-order valence-electron chi connectivity index (χ4n) is 3.95. The number of hydrogen-bond acceptors (Lipinski definition) is 3. The number of carbonyl (C=O) groups excluding carboxylic acids is 1. The second kappa shape index (κ2) is 6.92. The van der Waals surface area contributed by atoms with Crippen LogP contribution in [-0.4, -0.2) is 52.9 Å². The van der Waals surface area contributed by atoms with Gasteiger partial charge in [-0.15, -0.1) is 0 Å². The number of amides is 1. The van der Waals surface area contributed by atoms with Crippen molar-refractivity contribution in [3.63, 3.8) is 0 Å². The lowest BCUT2D eigenvalue weighted by atomic mass is 9.98. The van der Waals surface area contributed by atoms with Gasteiger partial charge in [0.2, 0.25) is 0 Å². The van der Waals surface area contributed by atoms with Crippen LogP contribution < -0.4 is 0 Å². The highest BCUT2D eigenvalue weighted by molar-refractivity contribution is 5.95. The lowest BCUT2D eigenvalue weighted by Crippen LogP contribution is -2.56. The number of nitrogens with zero attached hydrogens (tertiary/aromatic N) is 3. The molecule has 0 aliphatic carbocycles. The Morgan fingerprint density at radius 3 is 2.96 bits per heavy atom. The molecule has 2 aliphatic heterocycles. The minimum absolute atomic E-state index is 0.0431. The topological polar surface area (TPSA) is 36.4 Å². The molecule has 1 aromatic heterocycles. The number of carbonyl (C=O) groups is 1. The first-order valence-corrected chi connectivity index (χ1v) is 8.95. The zero-order valence-electron chi connectivity index (χ0n) is 14.2. The van der Waals surface area contributed by atoms with E-state index in [9.17, 15) is 9.18 Å². The van der Waals surface area contributed by atoms with E-state index in [4.69, 9.17) is 0 Å². The lowest BCUT2D eigenvalue weighted by molar-refractivity contribution is 0.0372. The number of hydrogen-bond donors (Lipinski definition) is 0. The smallest absolute Gasteiger partial charge is 0.253 e. The molecule has 4 rings (SSSR count). The number of piperazine rings is 1. The molecule has 0 spiro atoms. The minimum atomic E-state index is -0.372. The maximum Gasteiger partial charge on any atom is 0.253 e. The van der Waals surface area contributed by atoms with Gasteiger partial charge in [-0.3, -0.25) is 14.7 Å². The van der Waals surface area contributed by atoms with Crippen LogP contribution in [0.25, 0.3) is 11.1 Å².